The molecule has 184 valence electrons. The number of rotatable bonds is 7. The summed E-state index contributed by atoms with van der Waals surface area (Å²) in [4.78, 5) is 38.0. The van der Waals surface area contributed by atoms with Crippen LogP contribution >= 0.6 is 0 Å². The number of oxazole rings is 1. The molecule has 0 bridgehead atoms. The van der Waals surface area contributed by atoms with Crippen LogP contribution in [0.3, 0.4) is 0 Å². The molecule has 36 heavy (non-hydrogen) atoms. The Morgan fingerprint density at radius 2 is 1.94 bits per heavy atom. The van der Waals surface area contributed by atoms with Crippen molar-refractivity contribution in [2.75, 3.05) is 6.54 Å². The number of hydrogen-bond donors (Lipinski definition) is 1. The highest BCUT2D eigenvalue weighted by Crippen LogP contribution is 2.28. The molecule has 0 radical (unpaired) electrons. The minimum absolute atomic E-state index is 0.0110. The molecule has 1 fully saturated rings. The van der Waals surface area contributed by atoms with E-state index in [1.165, 1.54) is 23.2 Å². The van der Waals surface area contributed by atoms with E-state index in [4.69, 9.17) is 13.9 Å². The number of amides is 1. The largest absolute Gasteiger partial charge is 0.481 e. The molecule has 0 aliphatic carbocycles. The number of hydrogen-bond acceptors (Lipinski definition) is 8. The second-order valence-electron chi connectivity index (χ2n) is 8.21. The summed E-state index contributed by atoms with van der Waals surface area (Å²) in [6.45, 7) is 1.99. The summed E-state index contributed by atoms with van der Waals surface area (Å²) in [5.41, 5.74) is 1.19. The van der Waals surface area contributed by atoms with Crippen LogP contribution in [0.5, 0.6) is 17.5 Å². The third-order valence-corrected chi connectivity index (χ3v) is 5.75. The summed E-state index contributed by atoms with van der Waals surface area (Å²) in [6, 6.07) is 11.7. The fourth-order valence-electron chi connectivity index (χ4n) is 3.97. The number of carboxylic acid groups (broad SMARTS) is 1. The zero-order valence-electron chi connectivity index (χ0n) is 19.1. The Kier molecular flexibility index (Phi) is 6.19. The molecule has 1 N–H and O–H groups in total. The molecule has 3 heterocycles. The molecule has 1 saturated heterocycles. The second-order valence-corrected chi connectivity index (χ2v) is 8.21. The summed E-state index contributed by atoms with van der Waals surface area (Å²) in [5, 5.41) is 9.31. The first kappa shape index (κ1) is 23.2. The lowest BCUT2D eigenvalue weighted by atomic mass is 10.2. The van der Waals surface area contributed by atoms with Crippen molar-refractivity contribution in [2.24, 2.45) is 0 Å². The van der Waals surface area contributed by atoms with Gasteiger partial charge in [-0.05, 0) is 56.2 Å². The topological polar surface area (TPSA) is 128 Å². The predicted molar refractivity (Wildman–Crippen MR) is 124 cm³/mol. The Labute approximate surface area is 204 Å². The van der Waals surface area contributed by atoms with E-state index in [9.17, 15) is 19.1 Å². The number of carboxylic acids is 1. The molecule has 0 saturated carbocycles. The molecule has 1 aliphatic rings. The van der Waals surface area contributed by atoms with Crippen molar-refractivity contribution >= 4 is 23.1 Å². The Bertz CT molecular complexity index is 1420. The molecule has 1 unspecified atom stereocenters. The normalized spacial score (nSPS) is 16.2. The van der Waals surface area contributed by atoms with E-state index in [2.05, 4.69) is 15.0 Å². The van der Waals surface area contributed by atoms with Gasteiger partial charge in [0.15, 0.2) is 17.7 Å². The van der Waals surface area contributed by atoms with Gasteiger partial charge in [-0.2, -0.15) is 4.98 Å². The van der Waals surface area contributed by atoms with Crippen LogP contribution in [-0.2, 0) is 9.59 Å². The van der Waals surface area contributed by atoms with Crippen molar-refractivity contribution < 1.29 is 33.0 Å². The van der Waals surface area contributed by atoms with Gasteiger partial charge in [0.25, 0.3) is 11.6 Å². The SMILES string of the molecule is C[C@H](Oc1ccc(-c2nc3cnc(Oc4ccccc4F)nc3o2)cc1)C(=O)N1CCCC1C(=O)O. The lowest BCUT2D eigenvalue weighted by Crippen LogP contribution is -2.46. The van der Waals surface area contributed by atoms with E-state index in [-0.39, 0.29) is 29.3 Å². The van der Waals surface area contributed by atoms with Gasteiger partial charge >= 0.3 is 12.0 Å². The smallest absolute Gasteiger partial charge is 0.326 e. The van der Waals surface area contributed by atoms with Gasteiger partial charge in [-0.15, -0.1) is 0 Å². The number of carbonyl (C=O) groups is 2. The Balaban J connectivity index is 1.27. The highest BCUT2D eigenvalue weighted by molar-refractivity contribution is 5.87. The Morgan fingerprint density at radius 3 is 2.69 bits per heavy atom. The van der Waals surface area contributed by atoms with Gasteiger partial charge in [0.1, 0.15) is 17.3 Å². The van der Waals surface area contributed by atoms with Gasteiger partial charge in [0.2, 0.25) is 5.89 Å². The van der Waals surface area contributed by atoms with Crippen molar-refractivity contribution in [1.29, 1.82) is 0 Å². The van der Waals surface area contributed by atoms with Gasteiger partial charge in [-0.1, -0.05) is 12.1 Å². The predicted octanol–water partition coefficient (Wildman–Crippen LogP) is 4.06. The average molecular weight is 492 g/mol. The van der Waals surface area contributed by atoms with Crippen molar-refractivity contribution in [1.82, 2.24) is 19.9 Å². The number of carbonyl (C=O) groups excluding carboxylic acids is 1. The van der Waals surface area contributed by atoms with Crippen molar-refractivity contribution in [3.63, 3.8) is 0 Å². The number of halogens is 1. The lowest BCUT2D eigenvalue weighted by molar-refractivity contribution is -0.150. The Hall–Kier alpha value is -4.54. The standard InChI is InChI=1S/C25H21FN4O6/c1-14(23(31)30-12-4-6-19(30)24(32)33)34-16-10-8-15(9-11-16)21-28-18-13-27-25(29-22(18)36-21)35-20-7-3-2-5-17(20)26/h2-3,5,7-11,13-14,19H,4,6,12H2,1H3,(H,32,33)/t14-,19?/m0/s1. The van der Waals surface area contributed by atoms with Crippen molar-refractivity contribution in [3.05, 3.63) is 60.5 Å². The van der Waals surface area contributed by atoms with Gasteiger partial charge in [-0.3, -0.25) is 4.79 Å². The molecule has 2 aromatic carbocycles. The quantitative estimate of drug-likeness (QED) is 0.406. The summed E-state index contributed by atoms with van der Waals surface area (Å²) in [7, 11) is 0. The number of aromatic nitrogens is 3. The monoisotopic (exact) mass is 492 g/mol. The minimum atomic E-state index is -1.01. The Morgan fingerprint density at radius 1 is 1.17 bits per heavy atom. The van der Waals surface area contributed by atoms with Crippen LogP contribution in [0.15, 0.2) is 59.1 Å². The van der Waals surface area contributed by atoms with Crippen LogP contribution < -0.4 is 9.47 Å². The number of aliphatic carboxylic acids is 1. The molecule has 5 rings (SSSR count). The maximum absolute atomic E-state index is 13.8. The van der Waals surface area contributed by atoms with Crippen LogP contribution in [0, 0.1) is 5.82 Å². The summed E-state index contributed by atoms with van der Waals surface area (Å²) in [6.07, 6.45) is 1.66. The fraction of sp³-hybridized carbons (Fsp3) is 0.240. The first-order chi connectivity index (χ1) is 17.4. The number of fused-ring (bicyclic) bond motifs is 1. The van der Waals surface area contributed by atoms with E-state index in [0.29, 0.717) is 36.2 Å². The third kappa shape index (κ3) is 4.67. The van der Waals surface area contributed by atoms with Gasteiger partial charge in [0.05, 0.1) is 6.20 Å². The molecule has 2 atom stereocenters. The molecule has 10 nitrogen and oxygen atoms in total. The lowest BCUT2D eigenvalue weighted by Gasteiger charge is -2.25. The number of likely N-dealkylation sites (tertiary alicyclic amines) is 1. The number of para-hydroxylation sites is 1. The highest BCUT2D eigenvalue weighted by Gasteiger charge is 2.36. The van der Waals surface area contributed by atoms with Crippen LogP contribution in [0.2, 0.25) is 0 Å². The molecule has 1 aliphatic heterocycles. The van der Waals surface area contributed by atoms with Gasteiger partial charge in [0, 0.05) is 12.1 Å². The van der Waals surface area contributed by atoms with Crippen molar-refractivity contribution in [2.45, 2.75) is 31.9 Å². The number of benzene rings is 2. The molecular weight excluding hydrogens is 471 g/mol. The van der Waals surface area contributed by atoms with E-state index in [0.717, 1.165) is 0 Å². The maximum Gasteiger partial charge on any atom is 0.326 e. The number of nitrogens with zero attached hydrogens (tertiary/aromatic N) is 4. The van der Waals surface area contributed by atoms with Gasteiger partial charge in [-0.25, -0.2) is 19.2 Å². The maximum atomic E-state index is 13.8. The molecule has 1 amide bonds. The zero-order valence-corrected chi connectivity index (χ0v) is 19.1. The molecule has 11 heteroatoms. The zero-order chi connectivity index (χ0) is 25.2. The first-order valence-electron chi connectivity index (χ1n) is 11.3. The number of ether oxygens (including phenoxy) is 2. The molecule has 0 spiro atoms. The molecular formula is C25H21FN4O6. The highest BCUT2D eigenvalue weighted by atomic mass is 19.1. The van der Waals surface area contributed by atoms with Crippen LogP contribution in [0.25, 0.3) is 22.7 Å². The fourth-order valence-corrected chi connectivity index (χ4v) is 3.97. The van der Waals surface area contributed by atoms with E-state index >= 15 is 0 Å². The third-order valence-electron chi connectivity index (χ3n) is 5.75. The van der Waals surface area contributed by atoms with E-state index in [1.807, 2.05) is 0 Å². The molecule has 4 aromatic rings. The van der Waals surface area contributed by atoms with E-state index in [1.54, 1.807) is 43.3 Å². The summed E-state index contributed by atoms with van der Waals surface area (Å²) >= 11 is 0. The van der Waals surface area contributed by atoms with Crippen LogP contribution in [0.4, 0.5) is 4.39 Å². The summed E-state index contributed by atoms with van der Waals surface area (Å²) in [5.74, 6) is -1.22. The second kappa shape index (κ2) is 9.61. The molecule has 2 aromatic heterocycles. The average Bonchev–Trinajstić information content (AvgIpc) is 3.53. The van der Waals surface area contributed by atoms with Crippen molar-refractivity contribution in [3.8, 4) is 29.0 Å². The minimum Gasteiger partial charge on any atom is -0.481 e. The van der Waals surface area contributed by atoms with E-state index < -0.39 is 23.9 Å². The van der Waals surface area contributed by atoms with Crippen LogP contribution in [0.1, 0.15) is 19.8 Å². The van der Waals surface area contributed by atoms with Crippen LogP contribution in [-0.4, -0.2) is 55.5 Å². The van der Waals surface area contributed by atoms with Gasteiger partial charge < -0.3 is 23.9 Å². The summed E-state index contributed by atoms with van der Waals surface area (Å²) < 4.78 is 30.7. The first-order valence-corrected chi connectivity index (χ1v) is 11.3.